The summed E-state index contributed by atoms with van der Waals surface area (Å²) in [6.45, 7) is 3.55. The zero-order valence-corrected chi connectivity index (χ0v) is 7.20. The molecule has 0 aromatic carbocycles. The molecule has 0 aliphatic rings. The Morgan fingerprint density at radius 2 is 2.33 bits per heavy atom. The molecule has 0 saturated carbocycles. The van der Waals surface area contributed by atoms with Crippen molar-refractivity contribution in [3.63, 3.8) is 0 Å². The lowest BCUT2D eigenvalue weighted by molar-refractivity contribution is 0.411. The van der Waals surface area contributed by atoms with E-state index in [1.54, 1.807) is 19.3 Å². The lowest BCUT2D eigenvalue weighted by Gasteiger charge is -2.04. The molecule has 3 nitrogen and oxygen atoms in total. The number of rotatable bonds is 2. The van der Waals surface area contributed by atoms with Crippen molar-refractivity contribution in [2.24, 2.45) is 7.05 Å². The van der Waals surface area contributed by atoms with Gasteiger partial charge in [-0.1, -0.05) is 12.7 Å². The van der Waals surface area contributed by atoms with E-state index in [4.69, 9.17) is 4.74 Å². The van der Waals surface area contributed by atoms with Gasteiger partial charge in [0.15, 0.2) is 0 Å². The summed E-state index contributed by atoms with van der Waals surface area (Å²) in [6, 6.07) is 1.73. The minimum absolute atomic E-state index is 0.0932. The molecular formula is C9H11NO2. The Kier molecular flexibility index (Phi) is 2.33. The second-order valence-corrected chi connectivity index (χ2v) is 2.42. The van der Waals surface area contributed by atoms with Crippen LogP contribution in [0.15, 0.2) is 23.6 Å². The zero-order chi connectivity index (χ0) is 9.14. The highest BCUT2D eigenvalue weighted by atomic mass is 16.5. The van der Waals surface area contributed by atoms with Crippen molar-refractivity contribution in [1.82, 2.24) is 4.57 Å². The summed E-state index contributed by atoms with van der Waals surface area (Å²) < 4.78 is 6.47. The fraction of sp³-hybridized carbons (Fsp3) is 0.222. The van der Waals surface area contributed by atoms with Crippen LogP contribution in [-0.4, -0.2) is 11.7 Å². The van der Waals surface area contributed by atoms with Crippen molar-refractivity contribution in [3.8, 4) is 5.75 Å². The minimum Gasteiger partial charge on any atom is -0.496 e. The maximum Gasteiger partial charge on any atom is 0.261 e. The van der Waals surface area contributed by atoms with Gasteiger partial charge in [-0.15, -0.1) is 0 Å². The van der Waals surface area contributed by atoms with E-state index in [1.807, 2.05) is 0 Å². The molecule has 0 unspecified atom stereocenters. The molecule has 1 aromatic rings. The first-order valence-corrected chi connectivity index (χ1v) is 3.56. The SMILES string of the molecule is C=Cc1c(OC)ccn(C)c1=O. The summed E-state index contributed by atoms with van der Waals surface area (Å²) in [5, 5.41) is 0. The summed E-state index contributed by atoms with van der Waals surface area (Å²) >= 11 is 0. The Hall–Kier alpha value is -1.51. The van der Waals surface area contributed by atoms with Crippen LogP contribution >= 0.6 is 0 Å². The molecule has 1 heterocycles. The molecule has 1 rings (SSSR count). The third-order valence-electron chi connectivity index (χ3n) is 1.69. The Bertz CT molecular complexity index is 352. The van der Waals surface area contributed by atoms with Gasteiger partial charge in [-0.2, -0.15) is 0 Å². The van der Waals surface area contributed by atoms with Crippen molar-refractivity contribution in [3.05, 3.63) is 34.8 Å². The van der Waals surface area contributed by atoms with Crippen molar-refractivity contribution >= 4 is 6.08 Å². The van der Waals surface area contributed by atoms with E-state index < -0.39 is 0 Å². The van der Waals surface area contributed by atoms with Crippen molar-refractivity contribution < 1.29 is 4.74 Å². The van der Waals surface area contributed by atoms with Gasteiger partial charge in [0.25, 0.3) is 5.56 Å². The maximum absolute atomic E-state index is 11.4. The van der Waals surface area contributed by atoms with E-state index in [9.17, 15) is 4.79 Å². The average molecular weight is 165 g/mol. The van der Waals surface area contributed by atoms with Gasteiger partial charge in [0, 0.05) is 13.2 Å². The Labute approximate surface area is 70.9 Å². The number of hydrogen-bond acceptors (Lipinski definition) is 2. The lowest BCUT2D eigenvalue weighted by Crippen LogP contribution is -2.18. The van der Waals surface area contributed by atoms with Gasteiger partial charge >= 0.3 is 0 Å². The molecule has 0 saturated heterocycles. The van der Waals surface area contributed by atoms with E-state index in [1.165, 1.54) is 17.8 Å². The molecular weight excluding hydrogens is 154 g/mol. The zero-order valence-electron chi connectivity index (χ0n) is 7.20. The molecule has 0 atom stereocenters. The quantitative estimate of drug-likeness (QED) is 0.655. The van der Waals surface area contributed by atoms with Crippen LogP contribution in [0.5, 0.6) is 5.75 Å². The summed E-state index contributed by atoms with van der Waals surface area (Å²) in [5.41, 5.74) is 0.409. The van der Waals surface area contributed by atoms with E-state index in [0.717, 1.165) is 0 Å². The highest BCUT2D eigenvalue weighted by Gasteiger charge is 2.03. The van der Waals surface area contributed by atoms with Crippen LogP contribution < -0.4 is 10.3 Å². The monoisotopic (exact) mass is 165 g/mol. The van der Waals surface area contributed by atoms with Crippen molar-refractivity contribution in [2.45, 2.75) is 0 Å². The third kappa shape index (κ3) is 1.25. The van der Waals surface area contributed by atoms with E-state index in [0.29, 0.717) is 11.3 Å². The first-order valence-electron chi connectivity index (χ1n) is 3.56. The molecule has 0 aliphatic heterocycles. The standard InChI is InChI=1S/C9H11NO2/c1-4-7-8(12-3)5-6-10(2)9(7)11/h4-6H,1H2,2-3H3. The highest BCUT2D eigenvalue weighted by molar-refractivity contribution is 5.53. The van der Waals surface area contributed by atoms with Gasteiger partial charge < -0.3 is 9.30 Å². The number of methoxy groups -OCH3 is 1. The van der Waals surface area contributed by atoms with Gasteiger partial charge in [-0.3, -0.25) is 4.79 Å². The number of ether oxygens (including phenoxy) is 1. The predicted octanol–water partition coefficient (Wildman–Crippen LogP) is 1.04. The number of aryl methyl sites for hydroxylation is 1. The Morgan fingerprint density at radius 3 is 2.83 bits per heavy atom. The van der Waals surface area contributed by atoms with Crippen LogP contribution in [0.25, 0.3) is 6.08 Å². The summed E-state index contributed by atoms with van der Waals surface area (Å²) in [4.78, 5) is 11.4. The molecule has 1 aromatic heterocycles. The minimum atomic E-state index is -0.0932. The van der Waals surface area contributed by atoms with Gasteiger partial charge in [0.05, 0.1) is 12.7 Å². The Morgan fingerprint density at radius 1 is 1.67 bits per heavy atom. The first-order chi connectivity index (χ1) is 5.70. The molecule has 0 spiro atoms. The van der Waals surface area contributed by atoms with Crippen LogP contribution in [-0.2, 0) is 7.05 Å². The molecule has 3 heteroatoms. The Balaban J connectivity index is 3.46. The lowest BCUT2D eigenvalue weighted by atomic mass is 10.2. The van der Waals surface area contributed by atoms with E-state index in [-0.39, 0.29) is 5.56 Å². The van der Waals surface area contributed by atoms with Crippen LogP contribution in [0.3, 0.4) is 0 Å². The summed E-state index contributed by atoms with van der Waals surface area (Å²) in [6.07, 6.45) is 3.16. The van der Waals surface area contributed by atoms with Crippen LogP contribution in [0, 0.1) is 0 Å². The second-order valence-electron chi connectivity index (χ2n) is 2.42. The third-order valence-corrected chi connectivity index (χ3v) is 1.69. The van der Waals surface area contributed by atoms with Crippen LogP contribution in [0.4, 0.5) is 0 Å². The normalized spacial score (nSPS) is 9.50. The van der Waals surface area contributed by atoms with Gasteiger partial charge in [-0.05, 0) is 6.07 Å². The summed E-state index contributed by atoms with van der Waals surface area (Å²) in [7, 11) is 3.22. The number of nitrogens with zero attached hydrogens (tertiary/aromatic N) is 1. The van der Waals surface area contributed by atoms with Gasteiger partial charge in [-0.25, -0.2) is 0 Å². The maximum atomic E-state index is 11.4. The highest BCUT2D eigenvalue weighted by Crippen LogP contribution is 2.13. The fourth-order valence-corrected chi connectivity index (χ4v) is 0.998. The van der Waals surface area contributed by atoms with Crippen LogP contribution in [0.1, 0.15) is 5.56 Å². The first kappa shape index (κ1) is 8.59. The molecule has 0 aliphatic carbocycles. The van der Waals surface area contributed by atoms with E-state index in [2.05, 4.69) is 6.58 Å². The smallest absolute Gasteiger partial charge is 0.261 e. The summed E-state index contributed by atoms with van der Waals surface area (Å²) in [5.74, 6) is 0.563. The molecule has 0 fully saturated rings. The molecule has 12 heavy (non-hydrogen) atoms. The second kappa shape index (κ2) is 3.26. The van der Waals surface area contributed by atoms with Crippen molar-refractivity contribution in [2.75, 3.05) is 7.11 Å². The predicted molar refractivity (Wildman–Crippen MR) is 48.3 cm³/mol. The van der Waals surface area contributed by atoms with Gasteiger partial charge in [0.1, 0.15) is 5.75 Å². The fourth-order valence-electron chi connectivity index (χ4n) is 0.998. The number of aromatic nitrogens is 1. The molecule has 64 valence electrons. The molecule has 0 bridgehead atoms. The topological polar surface area (TPSA) is 31.2 Å². The number of hydrogen-bond donors (Lipinski definition) is 0. The average Bonchev–Trinajstić information content (AvgIpc) is 2.09. The van der Waals surface area contributed by atoms with Crippen LogP contribution in [0.2, 0.25) is 0 Å². The van der Waals surface area contributed by atoms with Gasteiger partial charge in [0.2, 0.25) is 0 Å². The largest absolute Gasteiger partial charge is 0.496 e. The number of pyridine rings is 1. The molecule has 0 N–H and O–H groups in total. The molecule has 0 radical (unpaired) electrons. The molecule has 0 amide bonds. The van der Waals surface area contributed by atoms with Crippen molar-refractivity contribution in [1.29, 1.82) is 0 Å². The van der Waals surface area contributed by atoms with E-state index >= 15 is 0 Å².